The van der Waals surface area contributed by atoms with E-state index in [2.05, 4.69) is 24.4 Å². The number of aliphatic hydroxyl groups is 1. The predicted molar refractivity (Wildman–Crippen MR) is 52.9 cm³/mol. The summed E-state index contributed by atoms with van der Waals surface area (Å²) in [6, 6.07) is 3.43. The third-order valence-electron chi connectivity index (χ3n) is 1.93. The molecule has 0 saturated heterocycles. The Kier molecular flexibility index (Phi) is 3.22. The summed E-state index contributed by atoms with van der Waals surface area (Å²) in [5.74, 6) is 1.26. The van der Waals surface area contributed by atoms with Gasteiger partial charge in [0.15, 0.2) is 0 Å². The van der Waals surface area contributed by atoms with Gasteiger partial charge in [-0.3, -0.25) is 0 Å². The summed E-state index contributed by atoms with van der Waals surface area (Å²) in [7, 11) is 0. The van der Waals surface area contributed by atoms with E-state index in [1.807, 2.05) is 0 Å². The van der Waals surface area contributed by atoms with Crippen LogP contribution >= 0.6 is 15.9 Å². The van der Waals surface area contributed by atoms with Gasteiger partial charge in [0.05, 0.1) is 0 Å². The van der Waals surface area contributed by atoms with Crippen LogP contribution in [-0.4, -0.2) is 11.9 Å². The van der Waals surface area contributed by atoms with Crippen LogP contribution in [0.2, 0.25) is 0 Å². The summed E-state index contributed by atoms with van der Waals surface area (Å²) < 4.78 is 14.5. The van der Waals surface area contributed by atoms with Gasteiger partial charge < -0.3 is 0 Å². The second-order valence-electron chi connectivity index (χ2n) is 2.76. The molecule has 0 aliphatic carbocycles. The number of nitrogens with zero attached hydrogens (tertiary/aromatic N) is 1. The maximum atomic E-state index is 9.58. The average Bonchev–Trinajstić information content (AvgIpc) is 2.73. The third-order valence-corrected chi connectivity index (χ3v) is 3.02. The van der Waals surface area contributed by atoms with Gasteiger partial charge in [0.25, 0.3) is 0 Å². The summed E-state index contributed by atoms with van der Waals surface area (Å²) >= 11 is 4.00. The molecule has 1 N–H and O–H groups in total. The van der Waals surface area contributed by atoms with Crippen molar-refractivity contribution in [3.05, 3.63) is 22.7 Å². The van der Waals surface area contributed by atoms with Crippen LogP contribution in [0.25, 0.3) is 5.76 Å². The zero-order valence-electron chi connectivity index (χ0n) is 7.36. The van der Waals surface area contributed by atoms with E-state index in [0.717, 1.165) is 19.6 Å². The molecule has 0 fully saturated rings. The fourth-order valence-corrected chi connectivity index (χ4v) is 2.00. The van der Waals surface area contributed by atoms with Gasteiger partial charge in [-0.15, -0.1) is 0 Å². The van der Waals surface area contributed by atoms with Gasteiger partial charge in [-0.05, 0) is 0 Å². The van der Waals surface area contributed by atoms with Crippen molar-refractivity contribution in [3.63, 3.8) is 0 Å². The number of fused-ring (bicyclic) bond motifs is 1. The molecule has 0 saturated carbocycles. The summed E-state index contributed by atoms with van der Waals surface area (Å²) in [5.41, 5.74) is 1.24. The van der Waals surface area contributed by atoms with E-state index >= 15 is 0 Å². The SMILES string of the molecule is OC(=[C-]Br)c1cc2c(cc1[N]=[W])OCO2. The van der Waals surface area contributed by atoms with Crippen LogP contribution < -0.4 is 9.47 Å². The van der Waals surface area contributed by atoms with Crippen LogP contribution in [0.4, 0.5) is 5.69 Å². The van der Waals surface area contributed by atoms with E-state index in [9.17, 15) is 5.11 Å². The molecule has 78 valence electrons. The van der Waals surface area contributed by atoms with Crippen molar-refractivity contribution in [2.75, 3.05) is 6.79 Å². The summed E-state index contributed by atoms with van der Waals surface area (Å²) in [6.07, 6.45) is 0. The van der Waals surface area contributed by atoms with Crippen molar-refractivity contribution in [1.29, 1.82) is 0 Å². The van der Waals surface area contributed by atoms with Gasteiger partial charge >= 0.3 is 106 Å². The molecule has 6 heteroatoms. The first-order valence-corrected chi connectivity index (χ1v) is 6.06. The number of aliphatic hydroxyl groups excluding tert-OH is 1. The molecule has 0 unspecified atom stereocenters. The van der Waals surface area contributed by atoms with Crippen molar-refractivity contribution in [2.24, 2.45) is 3.50 Å². The number of benzene rings is 1. The van der Waals surface area contributed by atoms with E-state index < -0.39 is 0 Å². The van der Waals surface area contributed by atoms with Gasteiger partial charge in [-0.1, -0.05) is 0 Å². The molecule has 1 aliphatic rings. The third kappa shape index (κ3) is 1.99. The normalized spacial score (nSPS) is 14.1. The Morgan fingerprint density at radius 2 is 2.13 bits per heavy atom. The zero-order valence-corrected chi connectivity index (χ0v) is 11.9. The van der Waals surface area contributed by atoms with Crippen LogP contribution in [0.15, 0.2) is 15.6 Å². The van der Waals surface area contributed by atoms with E-state index in [0.29, 0.717) is 22.7 Å². The Bertz CT molecular complexity index is 447. The van der Waals surface area contributed by atoms with Crippen molar-refractivity contribution >= 4 is 27.4 Å². The van der Waals surface area contributed by atoms with Crippen molar-refractivity contribution in [2.45, 2.75) is 0 Å². The van der Waals surface area contributed by atoms with Gasteiger partial charge in [0, 0.05) is 0 Å². The Morgan fingerprint density at radius 1 is 1.47 bits per heavy atom. The first kappa shape index (κ1) is 10.8. The Balaban J connectivity index is 2.58. The first-order chi connectivity index (χ1) is 7.26. The fourth-order valence-electron chi connectivity index (χ4n) is 1.25. The summed E-state index contributed by atoms with van der Waals surface area (Å²) in [6.45, 7) is 0.206. The quantitative estimate of drug-likeness (QED) is 0.570. The molecule has 0 radical (unpaired) electrons. The Morgan fingerprint density at radius 3 is 2.73 bits per heavy atom. The van der Waals surface area contributed by atoms with Crippen LogP contribution in [0.3, 0.4) is 0 Å². The number of hydrogen-bond donors (Lipinski definition) is 1. The molecule has 1 aliphatic heterocycles. The van der Waals surface area contributed by atoms with Gasteiger partial charge in [0.1, 0.15) is 0 Å². The molecule has 4 nitrogen and oxygen atoms in total. The van der Waals surface area contributed by atoms with Crippen LogP contribution in [-0.2, 0) is 19.6 Å². The Hall–Kier alpha value is -0.672. The van der Waals surface area contributed by atoms with Crippen LogP contribution in [0, 0.1) is 4.99 Å². The molecular weight excluding hydrogens is 434 g/mol. The minimum atomic E-state index is -0.00620. The first-order valence-electron chi connectivity index (χ1n) is 3.96. The summed E-state index contributed by atoms with van der Waals surface area (Å²) in [5, 5.41) is 9.58. The topological polar surface area (TPSA) is 51.1 Å². The van der Waals surface area contributed by atoms with E-state index in [1.54, 1.807) is 12.1 Å². The zero-order chi connectivity index (χ0) is 10.8. The Labute approximate surface area is 106 Å². The molecule has 0 atom stereocenters. The average molecular weight is 439 g/mol. The van der Waals surface area contributed by atoms with Crippen LogP contribution in [0.1, 0.15) is 5.56 Å². The number of ether oxygens (including phenoxy) is 2. The van der Waals surface area contributed by atoms with Gasteiger partial charge in [0.2, 0.25) is 0 Å². The monoisotopic (exact) mass is 438 g/mol. The van der Waals surface area contributed by atoms with E-state index in [4.69, 9.17) is 9.47 Å². The van der Waals surface area contributed by atoms with Gasteiger partial charge in [-0.25, -0.2) is 0 Å². The molecule has 0 spiro atoms. The van der Waals surface area contributed by atoms with Crippen molar-refractivity contribution < 1.29 is 34.2 Å². The van der Waals surface area contributed by atoms with E-state index in [-0.39, 0.29) is 12.6 Å². The molecule has 1 heterocycles. The molecular formula is C9H5BrNO3W-. The predicted octanol–water partition coefficient (Wildman–Crippen LogP) is 2.83. The second kappa shape index (κ2) is 4.45. The van der Waals surface area contributed by atoms with Crippen LogP contribution in [0.5, 0.6) is 11.5 Å². The fraction of sp³-hybridized carbons (Fsp3) is 0.111. The van der Waals surface area contributed by atoms with Gasteiger partial charge in [-0.2, -0.15) is 0 Å². The molecule has 1 aromatic carbocycles. The second-order valence-corrected chi connectivity index (χ2v) is 3.81. The standard InChI is InChI=1S/C9H5BrNO3.W/c10-3-7(12)5-1-8-9(2-6(5)11)14-4-13-8;/h1-2,12H,4H2;/q-1;. The van der Waals surface area contributed by atoms with E-state index in [1.165, 1.54) is 0 Å². The number of rotatable bonds is 2. The van der Waals surface area contributed by atoms with Crippen molar-refractivity contribution in [1.82, 2.24) is 0 Å². The molecule has 0 aromatic heterocycles. The molecule has 1 aromatic rings. The molecule has 0 bridgehead atoms. The number of halogens is 1. The minimum absolute atomic E-state index is 0.00620. The number of hydrogen-bond acceptors (Lipinski definition) is 4. The molecule has 2 rings (SSSR count). The molecule has 15 heavy (non-hydrogen) atoms. The maximum absolute atomic E-state index is 9.58. The molecule has 0 amide bonds. The van der Waals surface area contributed by atoms with Crippen molar-refractivity contribution in [3.8, 4) is 11.5 Å². The summed E-state index contributed by atoms with van der Waals surface area (Å²) in [4.78, 5) is 2.48.